The number of ether oxygens (including phenoxy) is 4. The normalized spacial score (nSPS) is 17.5. The Morgan fingerprint density at radius 3 is 1.95 bits per heavy atom. The van der Waals surface area contributed by atoms with Gasteiger partial charge in [0.15, 0.2) is 0 Å². The van der Waals surface area contributed by atoms with Crippen LogP contribution >= 0.6 is 7.75 Å². The molecule has 4 atom stereocenters. The van der Waals surface area contributed by atoms with E-state index in [-0.39, 0.29) is 44.0 Å². The van der Waals surface area contributed by atoms with Gasteiger partial charge in [-0.2, -0.15) is 10.2 Å². The average molecular weight is 850 g/mol. The summed E-state index contributed by atoms with van der Waals surface area (Å²) in [5.74, 6) is 0.956. The zero-order valence-electron chi connectivity index (χ0n) is 35.2. The number of methoxy groups -OCH3 is 2. The Hall–Kier alpha value is -5.65. The summed E-state index contributed by atoms with van der Waals surface area (Å²) in [6.07, 6.45) is -1.03. The van der Waals surface area contributed by atoms with Gasteiger partial charge in [0.05, 0.1) is 46.0 Å². The molecule has 1 N–H and O–H groups in total. The molecule has 0 saturated carbocycles. The largest absolute Gasteiger partial charge is 0.497 e. The first-order valence-corrected chi connectivity index (χ1v) is 21.6. The molecule has 4 aromatic carbocycles. The number of amides is 1. The highest BCUT2D eigenvalue weighted by molar-refractivity contribution is 7.51. The molecule has 6 rings (SSSR count). The SMILES string of the molecule is COc1ccc(C(O[C@H]2C[C@H](n3ccc(NC(=O)c4ccccc4)nc3=O)O[C@@H]2COP(=O)(OCCC#N)N(C(C)C)C(C)C)(c2ccccc2)c2ccc(OC)cc2)cc1. The minimum Gasteiger partial charge on any atom is -0.497 e. The lowest BCUT2D eigenvalue weighted by molar-refractivity contribution is -0.0987. The molecule has 1 aromatic heterocycles. The Morgan fingerprint density at radius 2 is 1.43 bits per heavy atom. The van der Waals surface area contributed by atoms with Crippen LogP contribution in [0, 0.1) is 11.3 Å². The Bertz CT molecular complexity index is 2300. The molecule has 1 fully saturated rings. The zero-order chi connectivity index (χ0) is 43.6. The molecule has 0 bridgehead atoms. The fourth-order valence-corrected chi connectivity index (χ4v) is 9.72. The van der Waals surface area contributed by atoms with Gasteiger partial charge in [-0.1, -0.05) is 72.8 Å². The van der Waals surface area contributed by atoms with Crippen molar-refractivity contribution < 1.29 is 37.4 Å². The molecular weight excluding hydrogens is 798 g/mol. The number of nitrogens with one attached hydrogen (secondary N) is 1. The second kappa shape index (κ2) is 20.3. The predicted molar refractivity (Wildman–Crippen MR) is 230 cm³/mol. The number of rotatable bonds is 19. The molecule has 0 aliphatic carbocycles. The Morgan fingerprint density at radius 1 is 0.869 bits per heavy atom. The Kier molecular flexibility index (Phi) is 14.9. The molecule has 1 unspecified atom stereocenters. The van der Waals surface area contributed by atoms with Crippen molar-refractivity contribution in [1.29, 1.82) is 5.26 Å². The minimum atomic E-state index is -4.04. The van der Waals surface area contributed by atoms with E-state index in [2.05, 4.69) is 10.3 Å². The van der Waals surface area contributed by atoms with Crippen LogP contribution in [0.5, 0.6) is 11.5 Å². The number of nitrogens with zero attached hydrogens (tertiary/aromatic N) is 4. The van der Waals surface area contributed by atoms with Gasteiger partial charge in [-0.3, -0.25) is 18.4 Å². The van der Waals surface area contributed by atoms with Crippen molar-refractivity contribution in [3.63, 3.8) is 0 Å². The molecule has 1 aliphatic heterocycles. The quantitative estimate of drug-likeness (QED) is 0.0481. The second-order valence-corrected chi connectivity index (χ2v) is 16.8. The molecule has 15 heteroatoms. The monoisotopic (exact) mass is 849 g/mol. The molecule has 0 spiro atoms. The molecule has 5 aromatic rings. The summed E-state index contributed by atoms with van der Waals surface area (Å²) >= 11 is 0. The van der Waals surface area contributed by atoms with Crippen LogP contribution in [0.15, 0.2) is 126 Å². The topological polar surface area (TPSA) is 163 Å². The molecule has 1 aliphatic rings. The van der Waals surface area contributed by atoms with E-state index in [0.29, 0.717) is 17.1 Å². The summed E-state index contributed by atoms with van der Waals surface area (Å²) in [7, 11) is -0.843. The lowest BCUT2D eigenvalue weighted by atomic mass is 9.79. The van der Waals surface area contributed by atoms with Crippen molar-refractivity contribution in [2.75, 3.05) is 32.8 Å². The van der Waals surface area contributed by atoms with E-state index >= 15 is 0 Å². The van der Waals surface area contributed by atoms with Crippen LogP contribution in [-0.4, -0.2) is 71.9 Å². The van der Waals surface area contributed by atoms with Crippen LogP contribution < -0.4 is 20.5 Å². The van der Waals surface area contributed by atoms with Crippen LogP contribution in [0.3, 0.4) is 0 Å². The number of carbonyl (C=O) groups is 1. The summed E-state index contributed by atoms with van der Waals surface area (Å²) in [4.78, 5) is 30.8. The van der Waals surface area contributed by atoms with E-state index < -0.39 is 43.4 Å². The highest BCUT2D eigenvalue weighted by atomic mass is 31.2. The summed E-state index contributed by atoms with van der Waals surface area (Å²) < 4.78 is 55.3. The van der Waals surface area contributed by atoms with Gasteiger partial charge in [-0.25, -0.2) is 14.0 Å². The van der Waals surface area contributed by atoms with Crippen molar-refractivity contribution in [2.24, 2.45) is 0 Å². The third kappa shape index (κ3) is 10.3. The molecule has 320 valence electrons. The number of anilines is 1. The fraction of sp³-hybridized carbons (Fsp3) is 0.348. The van der Waals surface area contributed by atoms with E-state index in [0.717, 1.165) is 16.7 Å². The maximum absolute atomic E-state index is 14.8. The number of benzene rings is 4. The maximum atomic E-state index is 14.8. The molecule has 2 heterocycles. The second-order valence-electron chi connectivity index (χ2n) is 14.9. The fourth-order valence-electron chi connectivity index (χ4n) is 7.59. The first-order valence-electron chi connectivity index (χ1n) is 20.1. The van der Waals surface area contributed by atoms with Crippen LogP contribution in [0.25, 0.3) is 0 Å². The van der Waals surface area contributed by atoms with Crippen molar-refractivity contribution in [3.8, 4) is 17.6 Å². The van der Waals surface area contributed by atoms with Crippen molar-refractivity contribution in [2.45, 2.75) is 76.7 Å². The summed E-state index contributed by atoms with van der Waals surface area (Å²) in [5, 5.41) is 12.0. The number of aromatic nitrogens is 2. The summed E-state index contributed by atoms with van der Waals surface area (Å²) in [5.41, 5.74) is 0.774. The molecule has 61 heavy (non-hydrogen) atoms. The molecule has 1 amide bonds. The van der Waals surface area contributed by atoms with E-state index in [9.17, 15) is 19.4 Å². The van der Waals surface area contributed by atoms with Crippen molar-refractivity contribution in [1.82, 2.24) is 14.2 Å². The Balaban J connectivity index is 1.44. The summed E-state index contributed by atoms with van der Waals surface area (Å²) in [6.45, 7) is 7.17. The van der Waals surface area contributed by atoms with E-state index in [1.165, 1.54) is 16.8 Å². The molecule has 14 nitrogen and oxygen atoms in total. The van der Waals surface area contributed by atoms with Gasteiger partial charge >= 0.3 is 13.4 Å². The zero-order valence-corrected chi connectivity index (χ0v) is 36.1. The van der Waals surface area contributed by atoms with Crippen molar-refractivity contribution >= 4 is 19.5 Å². The first-order chi connectivity index (χ1) is 29.4. The molecule has 1 saturated heterocycles. The number of nitriles is 1. The van der Waals surface area contributed by atoms with Crippen molar-refractivity contribution in [3.05, 3.63) is 154 Å². The van der Waals surface area contributed by atoms with Gasteiger partial charge in [0.2, 0.25) is 0 Å². The first kappa shape index (κ1) is 44.9. The number of carbonyl (C=O) groups excluding carboxylic acids is 1. The smallest absolute Gasteiger partial charge is 0.408 e. The van der Waals surface area contributed by atoms with E-state index in [1.54, 1.807) is 49.2 Å². The highest BCUT2D eigenvalue weighted by Crippen LogP contribution is 2.55. The predicted octanol–water partition coefficient (Wildman–Crippen LogP) is 8.35. The Labute approximate surface area is 356 Å². The van der Waals surface area contributed by atoms with Gasteiger partial charge in [-0.15, -0.1) is 0 Å². The molecular formula is C46H52N5O9P. The van der Waals surface area contributed by atoms with Crippen LogP contribution in [0.1, 0.15) is 73.8 Å². The van der Waals surface area contributed by atoms with E-state index in [4.69, 9.17) is 28.0 Å². The van der Waals surface area contributed by atoms with Crippen LogP contribution in [-0.2, 0) is 28.7 Å². The maximum Gasteiger partial charge on any atom is 0.408 e. The van der Waals surface area contributed by atoms with Crippen LogP contribution in [0.2, 0.25) is 0 Å². The minimum absolute atomic E-state index is 0.00610. The number of hydrogen-bond acceptors (Lipinski definition) is 11. The third-order valence-electron chi connectivity index (χ3n) is 10.3. The average Bonchev–Trinajstić information content (AvgIpc) is 3.67. The summed E-state index contributed by atoms with van der Waals surface area (Å²) in [6, 6.07) is 36.6. The van der Waals surface area contributed by atoms with Gasteiger partial charge < -0.3 is 24.3 Å². The highest BCUT2D eigenvalue weighted by Gasteiger charge is 2.48. The van der Waals surface area contributed by atoms with Crippen LogP contribution in [0.4, 0.5) is 5.82 Å². The van der Waals surface area contributed by atoms with Gasteiger partial charge in [-0.05, 0) is 86.8 Å². The van der Waals surface area contributed by atoms with Gasteiger partial charge in [0.25, 0.3) is 5.91 Å². The number of hydrogen-bond donors (Lipinski definition) is 1. The third-order valence-corrected chi connectivity index (χ3v) is 12.8. The lowest BCUT2D eigenvalue weighted by Gasteiger charge is -2.40. The molecule has 0 radical (unpaired) electrons. The lowest BCUT2D eigenvalue weighted by Crippen LogP contribution is -2.41. The van der Waals surface area contributed by atoms with Gasteiger partial charge in [0.1, 0.15) is 35.2 Å². The standard InChI is InChI=1S/C46H52N5O9P/c1-32(2)51(33(3)4)61(54,57-29-13-27-47)58-31-41-40(30-43(59-41)50-28-26-42(49-45(50)53)48-44(52)34-14-9-7-10-15-34)60-46(35-16-11-8-12-17-35,36-18-22-38(55-5)23-19-36)37-20-24-39(56-6)25-21-37/h7-12,14-26,28,32-33,40-41,43H,13,29-31H2,1-6H3,(H,48,49,52,53)/t40-,41+,43+,61?/m0/s1. The van der Waals surface area contributed by atoms with E-state index in [1.807, 2.05) is 113 Å². The van der Waals surface area contributed by atoms with Gasteiger partial charge in [0, 0.05) is 30.3 Å².